The van der Waals surface area contributed by atoms with Crippen LogP contribution in [0.15, 0.2) is 35.2 Å². The van der Waals surface area contributed by atoms with Crippen molar-refractivity contribution >= 4 is 29.3 Å². The third-order valence-corrected chi connectivity index (χ3v) is 5.97. The molecule has 178 valence electrons. The first-order valence-electron chi connectivity index (χ1n) is 10.5. The fraction of sp³-hybridized carbons (Fsp3) is 0.375. The maximum absolute atomic E-state index is 12.0. The number of carbonyl (C=O) groups is 3. The van der Waals surface area contributed by atoms with Crippen LogP contribution in [0.4, 0.5) is 0 Å². The van der Waals surface area contributed by atoms with Crippen molar-refractivity contribution in [1.82, 2.24) is 0 Å². The highest BCUT2D eigenvalue weighted by molar-refractivity contribution is 7.99. The molecule has 0 bridgehead atoms. The molecule has 0 spiro atoms. The number of aliphatic hydroxyl groups is 1. The molecule has 0 radical (unpaired) electrons. The van der Waals surface area contributed by atoms with E-state index in [2.05, 4.69) is 0 Å². The van der Waals surface area contributed by atoms with Crippen LogP contribution in [0.3, 0.4) is 0 Å². The smallest absolute Gasteiger partial charge is 0.303 e. The first kappa shape index (κ1) is 26.2. The van der Waals surface area contributed by atoms with Crippen LogP contribution < -0.4 is 4.74 Å². The average molecular weight is 477 g/mol. The Labute approximate surface area is 196 Å². The molecule has 0 fully saturated rings. The molecule has 0 saturated heterocycles. The quantitative estimate of drug-likeness (QED) is 0.251. The van der Waals surface area contributed by atoms with Crippen LogP contribution in [0.1, 0.15) is 59.4 Å². The molecule has 0 aliphatic carbocycles. The van der Waals surface area contributed by atoms with E-state index in [0.29, 0.717) is 22.6 Å². The zero-order chi connectivity index (χ0) is 24.5. The minimum Gasteiger partial charge on any atom is -0.507 e. The number of phenols is 2. The number of aliphatic carboxylic acids is 1. The van der Waals surface area contributed by atoms with E-state index in [1.807, 2.05) is 6.92 Å². The standard InChI is InChI=1S/C24H28O8S/c1-3-4-19-22(9-7-17(14(2)25)24(19)31)32-12-15(26)13-33-16-5-6-18(21(28)11-16)20(27)8-10-23(29)30/h5-7,9,11,15,26,28,31H,3-4,8,10,12-13H2,1-2H3,(H,29,30). The Kier molecular flexibility index (Phi) is 9.74. The van der Waals surface area contributed by atoms with Crippen molar-refractivity contribution < 1.29 is 39.5 Å². The summed E-state index contributed by atoms with van der Waals surface area (Å²) in [5.74, 6) is -1.48. The summed E-state index contributed by atoms with van der Waals surface area (Å²) in [7, 11) is 0. The van der Waals surface area contributed by atoms with E-state index >= 15 is 0 Å². The summed E-state index contributed by atoms with van der Waals surface area (Å²) in [6, 6.07) is 7.55. The van der Waals surface area contributed by atoms with Gasteiger partial charge in [0, 0.05) is 22.6 Å². The Balaban J connectivity index is 1.96. The van der Waals surface area contributed by atoms with Gasteiger partial charge in [0.25, 0.3) is 0 Å². The summed E-state index contributed by atoms with van der Waals surface area (Å²) < 4.78 is 5.70. The fourth-order valence-corrected chi connectivity index (χ4v) is 3.99. The minimum absolute atomic E-state index is 0.0414. The van der Waals surface area contributed by atoms with E-state index in [4.69, 9.17) is 9.84 Å². The summed E-state index contributed by atoms with van der Waals surface area (Å²) in [6.07, 6.45) is -0.116. The van der Waals surface area contributed by atoms with Gasteiger partial charge in [-0.3, -0.25) is 14.4 Å². The van der Waals surface area contributed by atoms with Gasteiger partial charge in [-0.25, -0.2) is 0 Å². The summed E-state index contributed by atoms with van der Waals surface area (Å²) in [5, 5.41) is 39.5. The molecule has 2 aromatic carbocycles. The monoisotopic (exact) mass is 476 g/mol. The number of carboxylic acids is 1. The number of carbonyl (C=O) groups excluding carboxylic acids is 2. The van der Waals surface area contributed by atoms with E-state index in [0.717, 1.165) is 6.42 Å². The van der Waals surface area contributed by atoms with E-state index in [-0.39, 0.29) is 53.6 Å². The highest BCUT2D eigenvalue weighted by Gasteiger charge is 2.18. The van der Waals surface area contributed by atoms with Crippen LogP contribution in [0.2, 0.25) is 0 Å². The van der Waals surface area contributed by atoms with Crippen LogP contribution in [-0.4, -0.2) is 56.4 Å². The van der Waals surface area contributed by atoms with E-state index in [9.17, 15) is 29.7 Å². The first-order valence-corrected chi connectivity index (χ1v) is 11.5. The number of hydrogen-bond acceptors (Lipinski definition) is 8. The molecule has 0 aromatic heterocycles. The zero-order valence-electron chi connectivity index (χ0n) is 18.5. The lowest BCUT2D eigenvalue weighted by Gasteiger charge is -2.17. The highest BCUT2D eigenvalue weighted by atomic mass is 32.2. The largest absolute Gasteiger partial charge is 0.507 e. The second-order valence-corrected chi connectivity index (χ2v) is 8.61. The first-order chi connectivity index (χ1) is 15.6. The molecule has 0 heterocycles. The SMILES string of the molecule is CCCc1c(OCC(O)CSc2ccc(C(=O)CCC(=O)O)c(O)c2)ccc(C(C)=O)c1O. The number of phenolic OH excluding ortho intramolecular Hbond substituents is 2. The van der Waals surface area contributed by atoms with Crippen molar-refractivity contribution in [3.05, 3.63) is 47.0 Å². The number of benzene rings is 2. The van der Waals surface area contributed by atoms with Crippen LogP contribution >= 0.6 is 11.8 Å². The van der Waals surface area contributed by atoms with Crippen molar-refractivity contribution in [2.75, 3.05) is 12.4 Å². The number of Topliss-reactive ketones (excluding diaryl/α,β-unsaturated/α-hetero) is 2. The van der Waals surface area contributed by atoms with Gasteiger partial charge < -0.3 is 25.2 Å². The van der Waals surface area contributed by atoms with Gasteiger partial charge in [0.05, 0.1) is 23.7 Å². The molecule has 8 nitrogen and oxygen atoms in total. The summed E-state index contributed by atoms with van der Waals surface area (Å²) in [6.45, 7) is 3.28. The van der Waals surface area contributed by atoms with Crippen LogP contribution in [0, 0.1) is 0 Å². The molecule has 0 amide bonds. The summed E-state index contributed by atoms with van der Waals surface area (Å²) in [5.41, 5.74) is 0.812. The van der Waals surface area contributed by atoms with Crippen molar-refractivity contribution in [3.63, 3.8) is 0 Å². The molecule has 2 rings (SSSR count). The van der Waals surface area contributed by atoms with Crippen LogP contribution in [0.5, 0.6) is 17.2 Å². The second-order valence-electron chi connectivity index (χ2n) is 7.52. The molecule has 0 aliphatic rings. The molecule has 9 heteroatoms. The molecule has 0 saturated carbocycles. The fourth-order valence-electron chi connectivity index (χ4n) is 3.15. The van der Waals surface area contributed by atoms with Crippen molar-refractivity contribution in [2.45, 2.75) is 50.5 Å². The van der Waals surface area contributed by atoms with Gasteiger partial charge in [-0.1, -0.05) is 13.3 Å². The molecule has 1 atom stereocenters. The van der Waals surface area contributed by atoms with Gasteiger partial charge >= 0.3 is 5.97 Å². The average Bonchev–Trinajstić information content (AvgIpc) is 2.76. The topological polar surface area (TPSA) is 141 Å². The number of aliphatic hydroxyl groups excluding tert-OH is 1. The van der Waals surface area contributed by atoms with Gasteiger partial charge in [-0.15, -0.1) is 11.8 Å². The van der Waals surface area contributed by atoms with E-state index in [1.54, 1.807) is 12.1 Å². The number of carboxylic acid groups (broad SMARTS) is 1. The Bertz CT molecular complexity index is 1020. The Morgan fingerprint density at radius 3 is 2.36 bits per heavy atom. The second kappa shape index (κ2) is 12.3. The number of aromatic hydroxyl groups is 2. The normalized spacial score (nSPS) is 11.7. The maximum Gasteiger partial charge on any atom is 0.303 e. The number of hydrogen-bond donors (Lipinski definition) is 4. The molecule has 0 aliphatic heterocycles. The van der Waals surface area contributed by atoms with Gasteiger partial charge in [-0.2, -0.15) is 0 Å². The van der Waals surface area contributed by atoms with Crippen LogP contribution in [0.25, 0.3) is 0 Å². The van der Waals surface area contributed by atoms with Gasteiger partial charge in [-0.05, 0) is 43.7 Å². The molecule has 2 aromatic rings. The number of ether oxygens (including phenoxy) is 1. The zero-order valence-corrected chi connectivity index (χ0v) is 19.4. The van der Waals surface area contributed by atoms with E-state index in [1.165, 1.54) is 36.9 Å². The van der Waals surface area contributed by atoms with Crippen LogP contribution in [-0.2, 0) is 11.2 Å². The Morgan fingerprint density at radius 2 is 1.76 bits per heavy atom. The lowest BCUT2D eigenvalue weighted by molar-refractivity contribution is -0.136. The van der Waals surface area contributed by atoms with Gasteiger partial charge in [0.1, 0.15) is 23.9 Å². The number of ketones is 2. The van der Waals surface area contributed by atoms with Gasteiger partial charge in [0.15, 0.2) is 11.6 Å². The third kappa shape index (κ3) is 7.50. The van der Waals surface area contributed by atoms with Crippen molar-refractivity contribution in [3.8, 4) is 17.2 Å². The minimum atomic E-state index is -1.09. The lowest BCUT2D eigenvalue weighted by Crippen LogP contribution is -2.20. The molecule has 33 heavy (non-hydrogen) atoms. The summed E-state index contributed by atoms with van der Waals surface area (Å²) in [4.78, 5) is 34.9. The predicted molar refractivity (Wildman–Crippen MR) is 124 cm³/mol. The number of rotatable bonds is 13. The van der Waals surface area contributed by atoms with Crippen molar-refractivity contribution in [1.29, 1.82) is 0 Å². The molecule has 4 N–H and O–H groups in total. The Morgan fingerprint density at radius 1 is 1.06 bits per heavy atom. The van der Waals surface area contributed by atoms with Crippen molar-refractivity contribution in [2.24, 2.45) is 0 Å². The van der Waals surface area contributed by atoms with Gasteiger partial charge in [0.2, 0.25) is 0 Å². The van der Waals surface area contributed by atoms with E-state index < -0.39 is 17.9 Å². The third-order valence-electron chi connectivity index (χ3n) is 4.83. The summed E-state index contributed by atoms with van der Waals surface area (Å²) >= 11 is 1.25. The predicted octanol–water partition coefficient (Wildman–Crippen LogP) is 3.83. The highest BCUT2D eigenvalue weighted by Crippen LogP contribution is 2.33. The molecule has 1 unspecified atom stereocenters. The Hall–Kier alpha value is -3.04. The lowest BCUT2D eigenvalue weighted by atomic mass is 10.0. The maximum atomic E-state index is 12.0. The number of thioether (sulfide) groups is 1. The molecular weight excluding hydrogens is 448 g/mol. The molecular formula is C24H28O8S.